The molecule has 0 saturated carbocycles. The number of fused-ring (bicyclic) bond motifs is 2. The minimum absolute atomic E-state index is 0.301. The van der Waals surface area contributed by atoms with E-state index >= 15 is 0 Å². The van der Waals surface area contributed by atoms with Gasteiger partial charge in [0.15, 0.2) is 6.33 Å². The normalized spacial score (nSPS) is 12.6. The first-order valence-corrected chi connectivity index (χ1v) is 8.95. The van der Waals surface area contributed by atoms with Crippen molar-refractivity contribution in [3.63, 3.8) is 0 Å². The van der Waals surface area contributed by atoms with Crippen LogP contribution < -0.4 is 11.1 Å². The molecule has 4 rings (SSSR count). The Bertz CT molecular complexity index is 1260. The minimum Gasteiger partial charge on any atom is -0.385 e. The van der Waals surface area contributed by atoms with Gasteiger partial charge >= 0.3 is 0 Å². The molecule has 0 saturated heterocycles. The number of hydrogen-bond donors (Lipinski definition) is 0. The molecular weight excluding hydrogens is 380 g/mol. The first kappa shape index (κ1) is 18.7. The SMILES string of the molecule is COCCCn1nnc2cc3c(=O)n([C@H](C)Cn4ncnn4)nnc3cc2c1=O. The Kier molecular flexibility index (Phi) is 5.03. The summed E-state index contributed by atoms with van der Waals surface area (Å²) in [6.45, 7) is 3.00. The lowest BCUT2D eigenvalue weighted by atomic mass is 10.2. The number of rotatable bonds is 7. The van der Waals surface area contributed by atoms with Crippen LogP contribution in [0, 0.1) is 0 Å². The van der Waals surface area contributed by atoms with Gasteiger partial charge in [-0.3, -0.25) is 9.59 Å². The van der Waals surface area contributed by atoms with Gasteiger partial charge in [0.05, 0.1) is 23.4 Å². The molecule has 1 aromatic carbocycles. The van der Waals surface area contributed by atoms with Crippen molar-refractivity contribution in [3.05, 3.63) is 39.2 Å². The van der Waals surface area contributed by atoms with E-state index in [4.69, 9.17) is 4.74 Å². The second-order valence-corrected chi connectivity index (χ2v) is 6.53. The lowest BCUT2D eigenvalue weighted by molar-refractivity contribution is 0.188. The van der Waals surface area contributed by atoms with Crippen LogP contribution in [0.4, 0.5) is 0 Å². The topological polar surface area (TPSA) is 148 Å². The van der Waals surface area contributed by atoms with Gasteiger partial charge in [-0.1, -0.05) is 10.4 Å². The molecule has 150 valence electrons. The lowest BCUT2D eigenvalue weighted by Crippen LogP contribution is -2.30. The summed E-state index contributed by atoms with van der Waals surface area (Å²) in [6.07, 6.45) is 1.95. The van der Waals surface area contributed by atoms with Crippen LogP contribution in [-0.4, -0.2) is 63.9 Å². The largest absolute Gasteiger partial charge is 0.385 e. The van der Waals surface area contributed by atoms with Crippen LogP contribution in [0.25, 0.3) is 21.8 Å². The van der Waals surface area contributed by atoms with Gasteiger partial charge in [-0.15, -0.1) is 20.4 Å². The predicted octanol–water partition coefficient (Wildman–Crippen LogP) is -0.819. The van der Waals surface area contributed by atoms with E-state index < -0.39 is 0 Å². The predicted molar refractivity (Wildman–Crippen MR) is 100 cm³/mol. The number of aryl methyl sites for hydroxylation is 1. The molecular formula is C16H18N10O3. The molecule has 0 N–H and O–H groups in total. The molecule has 4 aromatic rings. The average Bonchev–Trinajstić information content (AvgIpc) is 3.22. The van der Waals surface area contributed by atoms with Gasteiger partial charge in [-0.25, -0.2) is 9.36 Å². The van der Waals surface area contributed by atoms with Gasteiger partial charge in [0.25, 0.3) is 11.1 Å². The molecule has 0 unspecified atom stereocenters. The van der Waals surface area contributed by atoms with E-state index in [1.807, 2.05) is 0 Å². The van der Waals surface area contributed by atoms with E-state index in [-0.39, 0.29) is 17.2 Å². The van der Waals surface area contributed by atoms with Crippen LogP contribution in [0.5, 0.6) is 0 Å². The zero-order valence-electron chi connectivity index (χ0n) is 15.8. The van der Waals surface area contributed by atoms with Crippen molar-refractivity contribution in [2.75, 3.05) is 13.7 Å². The number of tetrazole rings is 1. The Labute approximate surface area is 162 Å². The van der Waals surface area contributed by atoms with Gasteiger partial charge in [0, 0.05) is 20.3 Å². The van der Waals surface area contributed by atoms with Crippen molar-refractivity contribution in [3.8, 4) is 0 Å². The zero-order chi connectivity index (χ0) is 20.4. The third-order valence-corrected chi connectivity index (χ3v) is 4.48. The number of nitrogens with zero attached hydrogens (tertiary/aromatic N) is 10. The van der Waals surface area contributed by atoms with E-state index in [2.05, 4.69) is 36.0 Å². The second-order valence-electron chi connectivity index (χ2n) is 6.53. The van der Waals surface area contributed by atoms with E-state index in [9.17, 15) is 9.59 Å². The summed E-state index contributed by atoms with van der Waals surface area (Å²) >= 11 is 0. The van der Waals surface area contributed by atoms with E-state index in [1.54, 1.807) is 14.0 Å². The van der Waals surface area contributed by atoms with Gasteiger partial charge in [-0.2, -0.15) is 4.80 Å². The summed E-state index contributed by atoms with van der Waals surface area (Å²) in [4.78, 5) is 26.9. The molecule has 0 amide bonds. The summed E-state index contributed by atoms with van der Waals surface area (Å²) in [5, 5.41) is 28.2. The first-order valence-electron chi connectivity index (χ1n) is 8.95. The Balaban J connectivity index is 1.74. The smallest absolute Gasteiger partial charge is 0.277 e. The molecule has 0 aliphatic heterocycles. The van der Waals surface area contributed by atoms with E-state index in [1.165, 1.54) is 32.6 Å². The Hall–Kier alpha value is -3.61. The van der Waals surface area contributed by atoms with Crippen molar-refractivity contribution in [1.29, 1.82) is 0 Å². The highest BCUT2D eigenvalue weighted by molar-refractivity contribution is 5.93. The Morgan fingerprint density at radius 2 is 1.76 bits per heavy atom. The van der Waals surface area contributed by atoms with Crippen molar-refractivity contribution < 1.29 is 4.74 Å². The van der Waals surface area contributed by atoms with Gasteiger partial charge in [-0.05, 0) is 30.7 Å². The lowest BCUT2D eigenvalue weighted by Gasteiger charge is -2.12. The molecule has 0 aliphatic carbocycles. The maximum atomic E-state index is 12.9. The number of methoxy groups -OCH3 is 1. The van der Waals surface area contributed by atoms with Crippen molar-refractivity contribution in [2.24, 2.45) is 0 Å². The number of hydrogen-bond acceptors (Lipinski definition) is 10. The highest BCUT2D eigenvalue weighted by atomic mass is 16.5. The third-order valence-electron chi connectivity index (χ3n) is 4.48. The Morgan fingerprint density at radius 3 is 2.45 bits per heavy atom. The average molecular weight is 398 g/mol. The highest BCUT2D eigenvalue weighted by Crippen LogP contribution is 2.14. The quantitative estimate of drug-likeness (QED) is 0.285. The fraction of sp³-hybridized carbons (Fsp3) is 0.438. The third kappa shape index (κ3) is 3.59. The van der Waals surface area contributed by atoms with Crippen molar-refractivity contribution >= 4 is 21.8 Å². The van der Waals surface area contributed by atoms with Crippen molar-refractivity contribution in [1.82, 2.24) is 50.2 Å². The molecule has 3 aromatic heterocycles. The molecule has 0 fully saturated rings. The Morgan fingerprint density at radius 1 is 1.03 bits per heavy atom. The van der Waals surface area contributed by atoms with Gasteiger partial charge in [0.2, 0.25) is 0 Å². The fourth-order valence-electron chi connectivity index (χ4n) is 3.01. The van der Waals surface area contributed by atoms with Crippen LogP contribution in [0.1, 0.15) is 19.4 Å². The first-order chi connectivity index (χ1) is 14.1. The van der Waals surface area contributed by atoms with Crippen LogP contribution in [-0.2, 0) is 17.8 Å². The summed E-state index contributed by atoms with van der Waals surface area (Å²) in [6, 6.07) is 2.69. The number of benzene rings is 1. The van der Waals surface area contributed by atoms with Crippen LogP contribution >= 0.6 is 0 Å². The molecule has 13 heteroatoms. The standard InChI is InChI=1S/C16H18N10O3/c1-10(8-25-18-9-17-21-25)26-16(28)12-7-13-11(6-14(12)20-23-26)15(27)24(22-19-13)4-3-5-29-2/h6-7,9-10H,3-5,8H2,1-2H3/t10-/m1/s1. The maximum absolute atomic E-state index is 12.9. The van der Waals surface area contributed by atoms with Crippen molar-refractivity contribution in [2.45, 2.75) is 32.5 Å². The van der Waals surface area contributed by atoms with E-state index in [0.717, 1.165) is 0 Å². The zero-order valence-corrected chi connectivity index (χ0v) is 15.8. The maximum Gasteiger partial charge on any atom is 0.277 e. The molecule has 0 radical (unpaired) electrons. The summed E-state index contributed by atoms with van der Waals surface area (Å²) < 4.78 is 7.51. The van der Waals surface area contributed by atoms with Crippen LogP contribution in [0.15, 0.2) is 28.0 Å². The monoisotopic (exact) mass is 398 g/mol. The summed E-state index contributed by atoms with van der Waals surface area (Å²) in [5.74, 6) is 0. The molecule has 3 heterocycles. The second kappa shape index (κ2) is 7.79. The summed E-state index contributed by atoms with van der Waals surface area (Å²) in [5.41, 5.74) is -0.00805. The van der Waals surface area contributed by atoms with Crippen LogP contribution in [0.3, 0.4) is 0 Å². The van der Waals surface area contributed by atoms with Gasteiger partial charge in [0.1, 0.15) is 11.0 Å². The molecule has 0 aliphatic rings. The minimum atomic E-state index is -0.357. The molecule has 13 nitrogen and oxygen atoms in total. The van der Waals surface area contributed by atoms with Gasteiger partial charge < -0.3 is 4.74 Å². The summed E-state index contributed by atoms with van der Waals surface area (Å²) in [7, 11) is 1.59. The molecule has 29 heavy (non-hydrogen) atoms. The molecule has 0 bridgehead atoms. The molecule has 0 spiro atoms. The fourth-order valence-corrected chi connectivity index (χ4v) is 3.01. The highest BCUT2D eigenvalue weighted by Gasteiger charge is 2.16. The van der Waals surface area contributed by atoms with Crippen LogP contribution in [0.2, 0.25) is 0 Å². The number of aromatic nitrogens is 10. The number of ether oxygens (including phenoxy) is 1. The van der Waals surface area contributed by atoms with E-state index in [0.29, 0.717) is 47.9 Å². The molecule has 1 atom stereocenters.